The maximum absolute atomic E-state index is 12.0. The van der Waals surface area contributed by atoms with Crippen molar-refractivity contribution in [3.8, 4) is 0 Å². The van der Waals surface area contributed by atoms with Crippen LogP contribution in [0.1, 0.15) is 47.3 Å². The summed E-state index contributed by atoms with van der Waals surface area (Å²) in [7, 11) is 0. The van der Waals surface area contributed by atoms with E-state index < -0.39 is 5.60 Å². The molecular formula is C13H20N2O3S. The van der Waals surface area contributed by atoms with Crippen LogP contribution in [0.3, 0.4) is 0 Å². The van der Waals surface area contributed by atoms with Gasteiger partial charge in [0.2, 0.25) is 0 Å². The van der Waals surface area contributed by atoms with Crippen LogP contribution in [0, 0.1) is 0 Å². The van der Waals surface area contributed by atoms with Gasteiger partial charge < -0.3 is 15.2 Å². The molecule has 1 aromatic rings. The molecule has 0 aliphatic carbocycles. The smallest absolute Gasteiger partial charge is 0.263 e. The Morgan fingerprint density at radius 2 is 2.26 bits per heavy atom. The number of hydrogen-bond donors (Lipinski definition) is 2. The minimum Gasteiger partial charge on any atom is -0.388 e. The number of hydrogen-bond acceptors (Lipinski definition) is 5. The fraction of sp³-hybridized carbons (Fsp3) is 0.692. The zero-order chi connectivity index (χ0) is 13.9. The zero-order valence-electron chi connectivity index (χ0n) is 11.3. The van der Waals surface area contributed by atoms with Crippen LogP contribution < -0.4 is 5.32 Å². The van der Waals surface area contributed by atoms with Crippen LogP contribution in [0.25, 0.3) is 0 Å². The summed E-state index contributed by atoms with van der Waals surface area (Å²) in [6, 6.07) is 0. The molecule has 0 saturated carbocycles. The SMILES string of the molecule is CC(C)c1ncc(C(=O)NCC2(O)CCOCC2)s1. The van der Waals surface area contributed by atoms with Gasteiger partial charge in [-0.1, -0.05) is 13.8 Å². The maximum atomic E-state index is 12.0. The van der Waals surface area contributed by atoms with E-state index in [0.29, 0.717) is 36.9 Å². The topological polar surface area (TPSA) is 71.5 Å². The fourth-order valence-corrected chi connectivity index (χ4v) is 2.76. The number of carbonyl (C=O) groups excluding carboxylic acids is 1. The lowest BCUT2D eigenvalue weighted by Gasteiger charge is -2.31. The Kier molecular flexibility index (Phi) is 4.54. The van der Waals surface area contributed by atoms with E-state index in [-0.39, 0.29) is 12.5 Å². The van der Waals surface area contributed by atoms with Gasteiger partial charge in [-0.3, -0.25) is 4.79 Å². The summed E-state index contributed by atoms with van der Waals surface area (Å²) in [5.41, 5.74) is -0.834. The van der Waals surface area contributed by atoms with E-state index in [9.17, 15) is 9.90 Å². The van der Waals surface area contributed by atoms with Gasteiger partial charge in [-0.15, -0.1) is 11.3 Å². The highest BCUT2D eigenvalue weighted by Crippen LogP contribution is 2.22. The highest BCUT2D eigenvalue weighted by atomic mass is 32.1. The van der Waals surface area contributed by atoms with Crippen LogP contribution in [-0.2, 0) is 4.74 Å². The van der Waals surface area contributed by atoms with Crippen LogP contribution in [0.2, 0.25) is 0 Å². The van der Waals surface area contributed by atoms with Gasteiger partial charge in [0.25, 0.3) is 5.91 Å². The number of amides is 1. The first kappa shape index (κ1) is 14.4. The highest BCUT2D eigenvalue weighted by Gasteiger charge is 2.30. The van der Waals surface area contributed by atoms with Gasteiger partial charge in [-0.2, -0.15) is 0 Å². The van der Waals surface area contributed by atoms with E-state index in [2.05, 4.69) is 10.3 Å². The van der Waals surface area contributed by atoms with Crippen molar-refractivity contribution in [2.45, 2.75) is 38.2 Å². The van der Waals surface area contributed by atoms with E-state index in [1.165, 1.54) is 11.3 Å². The predicted molar refractivity (Wildman–Crippen MR) is 73.5 cm³/mol. The molecule has 0 bridgehead atoms. The van der Waals surface area contributed by atoms with Gasteiger partial charge in [-0.25, -0.2) is 4.98 Å². The summed E-state index contributed by atoms with van der Waals surface area (Å²) in [4.78, 5) is 16.8. The van der Waals surface area contributed by atoms with E-state index in [0.717, 1.165) is 5.01 Å². The van der Waals surface area contributed by atoms with Crippen molar-refractivity contribution in [3.05, 3.63) is 16.1 Å². The Morgan fingerprint density at radius 1 is 1.58 bits per heavy atom. The van der Waals surface area contributed by atoms with Gasteiger partial charge in [0.05, 0.1) is 16.8 Å². The molecule has 0 radical (unpaired) electrons. The third-order valence-electron chi connectivity index (χ3n) is 3.24. The first-order valence-electron chi connectivity index (χ1n) is 6.54. The first-order valence-corrected chi connectivity index (χ1v) is 7.36. The third-order valence-corrected chi connectivity index (χ3v) is 4.54. The second-order valence-electron chi connectivity index (χ2n) is 5.24. The van der Waals surface area contributed by atoms with Crippen molar-refractivity contribution < 1.29 is 14.6 Å². The average Bonchev–Trinajstić information content (AvgIpc) is 2.87. The van der Waals surface area contributed by atoms with Gasteiger partial charge in [0.1, 0.15) is 4.88 Å². The molecule has 2 heterocycles. The summed E-state index contributed by atoms with van der Waals surface area (Å²) in [6.07, 6.45) is 2.73. The quantitative estimate of drug-likeness (QED) is 0.879. The van der Waals surface area contributed by atoms with Crippen molar-refractivity contribution >= 4 is 17.2 Å². The lowest BCUT2D eigenvalue weighted by molar-refractivity contribution is -0.0605. The number of carbonyl (C=O) groups is 1. The standard InChI is InChI=1S/C13H20N2O3S/c1-9(2)12-14-7-10(19-12)11(16)15-8-13(17)3-5-18-6-4-13/h7,9,17H,3-6,8H2,1-2H3,(H,15,16). The molecule has 1 amide bonds. The van der Waals surface area contributed by atoms with Crippen LogP contribution in [-0.4, -0.2) is 41.4 Å². The number of aliphatic hydroxyl groups is 1. The van der Waals surface area contributed by atoms with E-state index in [1.807, 2.05) is 13.8 Å². The summed E-state index contributed by atoms with van der Waals surface area (Å²) in [5, 5.41) is 14.0. The monoisotopic (exact) mass is 284 g/mol. The van der Waals surface area contributed by atoms with Gasteiger partial charge >= 0.3 is 0 Å². The van der Waals surface area contributed by atoms with Crippen molar-refractivity contribution in [2.24, 2.45) is 0 Å². The number of nitrogens with one attached hydrogen (secondary N) is 1. The molecule has 1 aromatic heterocycles. The molecule has 0 unspecified atom stereocenters. The second kappa shape index (κ2) is 5.98. The molecule has 1 fully saturated rings. The Hall–Kier alpha value is -0.980. The minimum absolute atomic E-state index is 0.163. The van der Waals surface area contributed by atoms with Crippen molar-refractivity contribution in [3.63, 3.8) is 0 Å². The average molecular weight is 284 g/mol. The van der Waals surface area contributed by atoms with Gasteiger partial charge in [0.15, 0.2) is 0 Å². The van der Waals surface area contributed by atoms with Crippen LogP contribution in [0.15, 0.2) is 6.20 Å². The van der Waals surface area contributed by atoms with Crippen molar-refractivity contribution in [1.82, 2.24) is 10.3 Å². The predicted octanol–water partition coefficient (Wildman–Crippen LogP) is 1.54. The van der Waals surface area contributed by atoms with Crippen molar-refractivity contribution in [1.29, 1.82) is 0 Å². The molecule has 1 aliphatic heterocycles. The number of ether oxygens (including phenoxy) is 1. The first-order chi connectivity index (χ1) is 9.00. The molecule has 19 heavy (non-hydrogen) atoms. The van der Waals surface area contributed by atoms with Crippen LogP contribution in [0.4, 0.5) is 0 Å². The highest BCUT2D eigenvalue weighted by molar-refractivity contribution is 7.13. The molecule has 6 heteroatoms. The number of rotatable bonds is 4. The Morgan fingerprint density at radius 3 is 2.84 bits per heavy atom. The van der Waals surface area contributed by atoms with Crippen LogP contribution in [0.5, 0.6) is 0 Å². The molecule has 2 N–H and O–H groups in total. The molecule has 0 aromatic carbocycles. The maximum Gasteiger partial charge on any atom is 0.263 e. The summed E-state index contributed by atoms with van der Waals surface area (Å²) in [6.45, 7) is 5.45. The normalized spacial score (nSPS) is 18.5. The Labute approximate surface area is 117 Å². The van der Waals surface area contributed by atoms with Crippen LogP contribution >= 0.6 is 11.3 Å². The van der Waals surface area contributed by atoms with Crippen molar-refractivity contribution in [2.75, 3.05) is 19.8 Å². The fourth-order valence-electron chi connectivity index (χ4n) is 1.92. The summed E-state index contributed by atoms with van der Waals surface area (Å²) >= 11 is 1.41. The Bertz CT molecular complexity index is 439. The molecule has 1 aliphatic rings. The number of aromatic nitrogens is 1. The minimum atomic E-state index is -0.834. The van der Waals surface area contributed by atoms with E-state index in [1.54, 1.807) is 6.20 Å². The second-order valence-corrected chi connectivity index (χ2v) is 6.30. The number of nitrogens with zero attached hydrogens (tertiary/aromatic N) is 1. The third kappa shape index (κ3) is 3.75. The molecule has 1 saturated heterocycles. The van der Waals surface area contributed by atoms with Gasteiger partial charge in [-0.05, 0) is 0 Å². The molecular weight excluding hydrogens is 264 g/mol. The molecule has 2 rings (SSSR count). The molecule has 0 atom stereocenters. The van der Waals surface area contributed by atoms with E-state index >= 15 is 0 Å². The van der Waals surface area contributed by atoms with Gasteiger partial charge in [0, 0.05) is 38.5 Å². The Balaban J connectivity index is 1.89. The largest absolute Gasteiger partial charge is 0.388 e. The summed E-state index contributed by atoms with van der Waals surface area (Å²) < 4.78 is 5.21. The molecule has 0 spiro atoms. The molecule has 106 valence electrons. The van der Waals surface area contributed by atoms with E-state index in [4.69, 9.17) is 4.74 Å². The zero-order valence-corrected chi connectivity index (χ0v) is 12.1. The number of thiazole rings is 1. The summed E-state index contributed by atoms with van der Waals surface area (Å²) in [5.74, 6) is 0.163. The lowest BCUT2D eigenvalue weighted by atomic mass is 9.94. The lowest BCUT2D eigenvalue weighted by Crippen LogP contribution is -2.46. The molecule has 5 nitrogen and oxygen atoms in total.